The molecular formula is C15H19N3O. The predicted octanol–water partition coefficient (Wildman–Crippen LogP) is 2.35. The van der Waals surface area contributed by atoms with Crippen molar-refractivity contribution in [3.05, 3.63) is 35.8 Å². The number of aromatic nitrogens is 2. The molecule has 0 aromatic carbocycles. The van der Waals surface area contributed by atoms with Gasteiger partial charge in [0.15, 0.2) is 6.29 Å². The molecule has 1 unspecified atom stereocenters. The molecule has 19 heavy (non-hydrogen) atoms. The first-order chi connectivity index (χ1) is 9.31. The van der Waals surface area contributed by atoms with E-state index < -0.39 is 0 Å². The van der Waals surface area contributed by atoms with Crippen LogP contribution in [0.1, 0.15) is 41.9 Å². The molecule has 2 aromatic heterocycles. The second-order valence-electron chi connectivity index (χ2n) is 5.19. The summed E-state index contributed by atoms with van der Waals surface area (Å²) in [6.07, 6.45) is 5.34. The fourth-order valence-electron chi connectivity index (χ4n) is 2.93. The maximum Gasteiger partial charge on any atom is 0.166 e. The van der Waals surface area contributed by atoms with Gasteiger partial charge in [0.2, 0.25) is 0 Å². The van der Waals surface area contributed by atoms with E-state index in [0.717, 1.165) is 30.7 Å². The van der Waals surface area contributed by atoms with E-state index in [-0.39, 0.29) is 0 Å². The van der Waals surface area contributed by atoms with Crippen molar-refractivity contribution < 1.29 is 4.79 Å². The van der Waals surface area contributed by atoms with Crippen LogP contribution in [-0.2, 0) is 0 Å². The lowest BCUT2D eigenvalue weighted by atomic mass is 9.95. The molecule has 1 aliphatic rings. The van der Waals surface area contributed by atoms with Crippen molar-refractivity contribution in [2.45, 2.75) is 25.7 Å². The lowest BCUT2D eigenvalue weighted by molar-refractivity contribution is 0.111. The number of nitrogens with zero attached hydrogens (tertiary/aromatic N) is 3. The van der Waals surface area contributed by atoms with Crippen LogP contribution in [0.25, 0.3) is 5.65 Å². The van der Waals surface area contributed by atoms with E-state index in [2.05, 4.69) is 11.8 Å². The third-order valence-corrected chi connectivity index (χ3v) is 4.03. The summed E-state index contributed by atoms with van der Waals surface area (Å²) in [5.74, 6) is 0.494. The van der Waals surface area contributed by atoms with Crippen molar-refractivity contribution in [1.82, 2.24) is 14.3 Å². The Morgan fingerprint density at radius 1 is 1.47 bits per heavy atom. The van der Waals surface area contributed by atoms with E-state index in [1.54, 1.807) is 0 Å². The number of pyridine rings is 1. The molecule has 0 amide bonds. The highest BCUT2D eigenvalue weighted by molar-refractivity contribution is 5.73. The Bertz CT molecular complexity index is 590. The maximum absolute atomic E-state index is 11.0. The molecule has 0 saturated carbocycles. The molecule has 1 aliphatic heterocycles. The molecule has 100 valence electrons. The van der Waals surface area contributed by atoms with Crippen LogP contribution in [0.4, 0.5) is 0 Å². The number of hydrogen-bond donors (Lipinski definition) is 0. The highest BCUT2D eigenvalue weighted by Gasteiger charge is 2.22. The summed E-state index contributed by atoms with van der Waals surface area (Å²) in [6, 6.07) is 5.66. The van der Waals surface area contributed by atoms with Crippen molar-refractivity contribution in [2.75, 3.05) is 19.6 Å². The van der Waals surface area contributed by atoms with E-state index in [4.69, 9.17) is 4.98 Å². The Morgan fingerprint density at radius 3 is 3.16 bits per heavy atom. The number of likely N-dealkylation sites (tertiary alicyclic amines) is 1. The van der Waals surface area contributed by atoms with E-state index in [0.29, 0.717) is 11.6 Å². The Kier molecular flexibility index (Phi) is 3.34. The van der Waals surface area contributed by atoms with Gasteiger partial charge in [-0.25, -0.2) is 4.98 Å². The van der Waals surface area contributed by atoms with Gasteiger partial charge in [0.05, 0.1) is 11.4 Å². The lowest BCUT2D eigenvalue weighted by Crippen LogP contribution is -2.34. The van der Waals surface area contributed by atoms with Crippen LogP contribution in [0, 0.1) is 0 Å². The number of carbonyl (C=O) groups excluding carboxylic acids is 1. The summed E-state index contributed by atoms with van der Waals surface area (Å²) >= 11 is 0. The number of imidazole rings is 1. The van der Waals surface area contributed by atoms with Crippen LogP contribution in [0.5, 0.6) is 0 Å². The second-order valence-corrected chi connectivity index (χ2v) is 5.19. The van der Waals surface area contributed by atoms with Crippen LogP contribution in [0.2, 0.25) is 0 Å². The molecule has 2 aromatic rings. The van der Waals surface area contributed by atoms with Gasteiger partial charge >= 0.3 is 0 Å². The van der Waals surface area contributed by atoms with E-state index >= 15 is 0 Å². The number of rotatable bonds is 3. The fourth-order valence-corrected chi connectivity index (χ4v) is 2.93. The molecular weight excluding hydrogens is 238 g/mol. The minimum absolute atomic E-state index is 0.494. The first-order valence-electron chi connectivity index (χ1n) is 6.97. The van der Waals surface area contributed by atoms with Crippen molar-refractivity contribution >= 4 is 11.9 Å². The van der Waals surface area contributed by atoms with Gasteiger partial charge in [-0.3, -0.25) is 9.20 Å². The zero-order valence-electron chi connectivity index (χ0n) is 11.2. The molecule has 1 fully saturated rings. The van der Waals surface area contributed by atoms with Gasteiger partial charge in [-0.15, -0.1) is 0 Å². The SMILES string of the molecule is CCN1CCCC(c2cn3c(C=O)cccc3n2)C1. The predicted molar refractivity (Wildman–Crippen MR) is 74.7 cm³/mol. The summed E-state index contributed by atoms with van der Waals surface area (Å²) < 4.78 is 1.90. The van der Waals surface area contributed by atoms with Crippen LogP contribution in [0.15, 0.2) is 24.4 Å². The van der Waals surface area contributed by atoms with Crippen molar-refractivity contribution in [3.63, 3.8) is 0 Å². The fraction of sp³-hybridized carbons (Fsp3) is 0.467. The molecule has 1 atom stereocenters. The molecule has 0 aliphatic carbocycles. The van der Waals surface area contributed by atoms with E-state index in [1.165, 1.54) is 19.4 Å². The number of fused-ring (bicyclic) bond motifs is 1. The largest absolute Gasteiger partial charge is 0.303 e. The number of likely N-dealkylation sites (N-methyl/N-ethyl adjacent to an activating group) is 1. The molecule has 4 nitrogen and oxygen atoms in total. The minimum atomic E-state index is 0.494. The quantitative estimate of drug-likeness (QED) is 0.792. The number of piperidine rings is 1. The van der Waals surface area contributed by atoms with Gasteiger partial charge in [0.25, 0.3) is 0 Å². The lowest BCUT2D eigenvalue weighted by Gasteiger charge is -2.30. The minimum Gasteiger partial charge on any atom is -0.303 e. The third kappa shape index (κ3) is 2.28. The molecule has 0 spiro atoms. The summed E-state index contributed by atoms with van der Waals surface area (Å²) in [7, 11) is 0. The molecule has 0 bridgehead atoms. The van der Waals surface area contributed by atoms with Crippen LogP contribution >= 0.6 is 0 Å². The Hall–Kier alpha value is -1.68. The molecule has 3 heterocycles. The van der Waals surface area contributed by atoms with Gasteiger partial charge in [-0.05, 0) is 38.1 Å². The van der Waals surface area contributed by atoms with Crippen molar-refractivity contribution in [3.8, 4) is 0 Å². The van der Waals surface area contributed by atoms with Crippen molar-refractivity contribution in [2.24, 2.45) is 0 Å². The first kappa shape index (κ1) is 12.4. The topological polar surface area (TPSA) is 37.6 Å². The average molecular weight is 257 g/mol. The summed E-state index contributed by atoms with van der Waals surface area (Å²) in [5.41, 5.74) is 2.65. The van der Waals surface area contributed by atoms with Gasteiger partial charge in [0.1, 0.15) is 5.65 Å². The third-order valence-electron chi connectivity index (χ3n) is 4.03. The number of carbonyl (C=O) groups is 1. The zero-order valence-corrected chi connectivity index (χ0v) is 11.2. The van der Waals surface area contributed by atoms with Crippen molar-refractivity contribution in [1.29, 1.82) is 0 Å². The molecule has 4 heteroatoms. The van der Waals surface area contributed by atoms with Gasteiger partial charge < -0.3 is 4.90 Å². The number of aldehydes is 1. The summed E-state index contributed by atoms with van der Waals surface area (Å²) in [4.78, 5) is 18.2. The Balaban J connectivity index is 1.94. The second kappa shape index (κ2) is 5.13. The molecule has 0 N–H and O–H groups in total. The zero-order chi connectivity index (χ0) is 13.2. The monoisotopic (exact) mass is 257 g/mol. The van der Waals surface area contributed by atoms with Gasteiger partial charge in [0, 0.05) is 18.7 Å². The average Bonchev–Trinajstić information content (AvgIpc) is 2.91. The van der Waals surface area contributed by atoms with Gasteiger partial charge in [-0.1, -0.05) is 13.0 Å². The Labute approximate surface area is 113 Å². The summed E-state index contributed by atoms with van der Waals surface area (Å²) in [5, 5.41) is 0. The Morgan fingerprint density at radius 2 is 2.37 bits per heavy atom. The molecule has 0 radical (unpaired) electrons. The van der Waals surface area contributed by atoms with E-state index in [9.17, 15) is 4.79 Å². The van der Waals surface area contributed by atoms with Gasteiger partial charge in [-0.2, -0.15) is 0 Å². The van der Waals surface area contributed by atoms with Crippen LogP contribution in [0.3, 0.4) is 0 Å². The standard InChI is InChI=1S/C15H19N3O/c1-2-17-8-4-5-12(9-17)14-10-18-13(11-19)6-3-7-15(18)16-14/h3,6-7,10-12H,2,4-5,8-9H2,1H3. The normalized spacial score (nSPS) is 20.8. The molecule has 1 saturated heterocycles. The summed E-state index contributed by atoms with van der Waals surface area (Å²) in [6.45, 7) is 5.58. The highest BCUT2D eigenvalue weighted by Crippen LogP contribution is 2.26. The molecule has 3 rings (SSSR count). The first-order valence-corrected chi connectivity index (χ1v) is 6.97. The van der Waals surface area contributed by atoms with Crippen LogP contribution in [-0.4, -0.2) is 40.2 Å². The van der Waals surface area contributed by atoms with Crippen LogP contribution < -0.4 is 0 Å². The van der Waals surface area contributed by atoms with E-state index in [1.807, 2.05) is 28.8 Å². The maximum atomic E-state index is 11.0. The smallest absolute Gasteiger partial charge is 0.166 e. The number of hydrogen-bond acceptors (Lipinski definition) is 3. The highest BCUT2D eigenvalue weighted by atomic mass is 16.1.